The third-order valence-corrected chi connectivity index (χ3v) is 3.51. The van der Waals surface area contributed by atoms with Crippen LogP contribution in [0.15, 0.2) is 69.4 Å². The van der Waals surface area contributed by atoms with Gasteiger partial charge in [0.05, 0.1) is 11.4 Å². The summed E-state index contributed by atoms with van der Waals surface area (Å²) >= 11 is 0. The van der Waals surface area contributed by atoms with Gasteiger partial charge in [0.2, 0.25) is 0 Å². The minimum Gasteiger partial charge on any atom is -0.293 e. The number of rotatable bonds is 5. The fourth-order valence-electron chi connectivity index (χ4n) is 1.93. The summed E-state index contributed by atoms with van der Waals surface area (Å²) in [6, 6.07) is 0. The average molecular weight is 282 g/mol. The highest BCUT2D eigenvalue weighted by Crippen LogP contribution is 2.21. The van der Waals surface area contributed by atoms with Crippen LogP contribution in [0.3, 0.4) is 0 Å². The number of allylic oxidation sites excluding steroid dienone is 8. The van der Waals surface area contributed by atoms with Crippen LogP contribution in [0, 0.1) is 5.92 Å². The summed E-state index contributed by atoms with van der Waals surface area (Å²) in [5.74, 6) is 0.498. The van der Waals surface area contributed by atoms with Crippen molar-refractivity contribution in [3.63, 3.8) is 0 Å². The molecule has 0 spiro atoms. The molecule has 0 bridgehead atoms. The van der Waals surface area contributed by atoms with E-state index in [1.807, 2.05) is 38.3 Å². The van der Waals surface area contributed by atoms with Gasteiger partial charge >= 0.3 is 0 Å². The summed E-state index contributed by atoms with van der Waals surface area (Å²) < 4.78 is 0. The summed E-state index contributed by atoms with van der Waals surface area (Å²) in [6.07, 6.45) is 12.1. The Kier molecular flexibility index (Phi) is 6.80. The predicted octanol–water partition coefficient (Wildman–Crippen LogP) is 5.08. The summed E-state index contributed by atoms with van der Waals surface area (Å²) in [5, 5.41) is 0. The predicted molar refractivity (Wildman–Crippen MR) is 95.2 cm³/mol. The van der Waals surface area contributed by atoms with E-state index in [9.17, 15) is 0 Å². The summed E-state index contributed by atoms with van der Waals surface area (Å²) in [7, 11) is 0. The quantitative estimate of drug-likeness (QED) is 0.496. The molecule has 0 aromatic rings. The van der Waals surface area contributed by atoms with Gasteiger partial charge in [-0.25, -0.2) is 4.99 Å². The molecule has 0 aliphatic heterocycles. The maximum Gasteiger partial charge on any atom is 0.0708 e. The molecule has 0 fully saturated rings. The standard InChI is InChI=1S/C19H26N2/c1-7-17(13-20-8-2)16(6)21-19-12-10-9-11-18(19)15(5)14(3)4/h7,9-14H,6,8H2,1-5H3/b17-7+,18-15+,20-13?,21-19?. The van der Waals surface area contributed by atoms with E-state index >= 15 is 0 Å². The second-order valence-electron chi connectivity index (χ2n) is 5.29. The van der Waals surface area contributed by atoms with E-state index in [0.29, 0.717) is 5.92 Å². The average Bonchev–Trinajstić information content (AvgIpc) is 2.47. The maximum atomic E-state index is 4.71. The van der Waals surface area contributed by atoms with Crippen LogP contribution in [0.5, 0.6) is 0 Å². The zero-order valence-corrected chi connectivity index (χ0v) is 13.9. The highest BCUT2D eigenvalue weighted by molar-refractivity contribution is 6.12. The van der Waals surface area contributed by atoms with Crippen LogP contribution < -0.4 is 0 Å². The van der Waals surface area contributed by atoms with Gasteiger partial charge in [-0.1, -0.05) is 50.3 Å². The fraction of sp³-hybridized carbons (Fsp3) is 0.368. The molecule has 0 unspecified atom stereocenters. The van der Waals surface area contributed by atoms with Gasteiger partial charge < -0.3 is 0 Å². The molecule has 0 N–H and O–H groups in total. The van der Waals surface area contributed by atoms with Crippen molar-refractivity contribution in [2.24, 2.45) is 15.9 Å². The molecule has 21 heavy (non-hydrogen) atoms. The van der Waals surface area contributed by atoms with Crippen LogP contribution >= 0.6 is 0 Å². The lowest BCUT2D eigenvalue weighted by Gasteiger charge is -2.15. The monoisotopic (exact) mass is 282 g/mol. The Morgan fingerprint density at radius 2 is 1.95 bits per heavy atom. The van der Waals surface area contributed by atoms with Crippen LogP contribution in [-0.2, 0) is 0 Å². The third kappa shape index (κ3) is 4.82. The summed E-state index contributed by atoms with van der Waals surface area (Å²) in [4.78, 5) is 8.98. The molecule has 0 heterocycles. The largest absolute Gasteiger partial charge is 0.293 e. The summed E-state index contributed by atoms with van der Waals surface area (Å²) in [6.45, 7) is 15.4. The first-order chi connectivity index (χ1) is 10.0. The Morgan fingerprint density at radius 3 is 2.52 bits per heavy atom. The molecule has 112 valence electrons. The highest BCUT2D eigenvalue weighted by Gasteiger charge is 2.11. The molecule has 0 atom stereocenters. The van der Waals surface area contributed by atoms with Gasteiger partial charge in [0.25, 0.3) is 0 Å². The van der Waals surface area contributed by atoms with Gasteiger partial charge in [0.1, 0.15) is 0 Å². The molecule has 1 aliphatic carbocycles. The Bertz CT molecular complexity index is 564. The Hall–Kier alpha value is -1.96. The Balaban J connectivity index is 3.15. The Labute approximate surface area is 129 Å². The second kappa shape index (κ2) is 8.35. The lowest BCUT2D eigenvalue weighted by atomic mass is 9.93. The van der Waals surface area contributed by atoms with E-state index in [2.05, 4.69) is 44.5 Å². The Morgan fingerprint density at radius 1 is 1.29 bits per heavy atom. The van der Waals surface area contributed by atoms with Crippen LogP contribution in [0.4, 0.5) is 0 Å². The lowest BCUT2D eigenvalue weighted by molar-refractivity contribution is 0.765. The smallest absolute Gasteiger partial charge is 0.0708 e. The van der Waals surface area contributed by atoms with Gasteiger partial charge in [0.15, 0.2) is 0 Å². The van der Waals surface area contributed by atoms with Crippen molar-refractivity contribution in [1.82, 2.24) is 0 Å². The molecule has 0 radical (unpaired) electrons. The zero-order chi connectivity index (χ0) is 15.8. The number of aliphatic imine (C=N–C) groups is 2. The molecule has 0 aromatic carbocycles. The molecular weight excluding hydrogens is 256 g/mol. The maximum absolute atomic E-state index is 4.71. The number of hydrogen-bond donors (Lipinski definition) is 0. The number of hydrogen-bond acceptors (Lipinski definition) is 2. The molecule has 0 saturated heterocycles. The van der Waals surface area contributed by atoms with Gasteiger partial charge in [0, 0.05) is 18.3 Å². The van der Waals surface area contributed by atoms with E-state index in [-0.39, 0.29) is 0 Å². The van der Waals surface area contributed by atoms with E-state index < -0.39 is 0 Å². The lowest BCUT2D eigenvalue weighted by Crippen LogP contribution is -2.07. The van der Waals surface area contributed by atoms with Crippen molar-refractivity contribution in [2.45, 2.75) is 34.6 Å². The van der Waals surface area contributed by atoms with Gasteiger partial charge in [-0.3, -0.25) is 4.99 Å². The molecule has 1 rings (SSSR count). The first-order valence-electron chi connectivity index (χ1n) is 7.51. The van der Waals surface area contributed by atoms with Gasteiger partial charge in [-0.05, 0) is 38.3 Å². The van der Waals surface area contributed by atoms with Crippen LogP contribution in [0.25, 0.3) is 0 Å². The van der Waals surface area contributed by atoms with Crippen molar-refractivity contribution in [3.8, 4) is 0 Å². The second-order valence-corrected chi connectivity index (χ2v) is 5.29. The minimum atomic E-state index is 0.498. The van der Waals surface area contributed by atoms with Crippen LogP contribution in [-0.4, -0.2) is 18.5 Å². The van der Waals surface area contributed by atoms with E-state index in [1.165, 1.54) is 11.1 Å². The van der Waals surface area contributed by atoms with E-state index in [4.69, 9.17) is 4.99 Å². The molecule has 0 saturated carbocycles. The molecule has 0 aromatic heterocycles. The SMILES string of the molecule is C=C(N=C1C=CC=C/C1=C(/C)C(C)C)/C(C=NCC)=C/C. The fourth-order valence-corrected chi connectivity index (χ4v) is 1.93. The van der Waals surface area contributed by atoms with Crippen molar-refractivity contribution >= 4 is 11.9 Å². The molecular formula is C19H26N2. The molecule has 2 nitrogen and oxygen atoms in total. The molecule has 1 aliphatic rings. The normalized spacial score (nSPS) is 19.9. The van der Waals surface area contributed by atoms with Crippen molar-refractivity contribution in [1.29, 1.82) is 0 Å². The van der Waals surface area contributed by atoms with E-state index in [0.717, 1.165) is 23.5 Å². The molecule has 2 heteroatoms. The van der Waals surface area contributed by atoms with Crippen molar-refractivity contribution in [3.05, 3.63) is 59.4 Å². The van der Waals surface area contributed by atoms with Crippen molar-refractivity contribution < 1.29 is 0 Å². The van der Waals surface area contributed by atoms with E-state index in [1.54, 1.807) is 0 Å². The molecule has 0 amide bonds. The van der Waals surface area contributed by atoms with Crippen LogP contribution in [0.2, 0.25) is 0 Å². The summed E-state index contributed by atoms with van der Waals surface area (Å²) in [5.41, 5.74) is 5.22. The van der Waals surface area contributed by atoms with Gasteiger partial charge in [-0.15, -0.1) is 0 Å². The zero-order valence-electron chi connectivity index (χ0n) is 13.9. The minimum absolute atomic E-state index is 0.498. The van der Waals surface area contributed by atoms with Crippen LogP contribution in [0.1, 0.15) is 34.6 Å². The number of nitrogens with zero attached hydrogens (tertiary/aromatic N) is 2. The topological polar surface area (TPSA) is 24.7 Å². The third-order valence-electron chi connectivity index (χ3n) is 3.51. The van der Waals surface area contributed by atoms with Crippen molar-refractivity contribution in [2.75, 3.05) is 6.54 Å². The first kappa shape index (κ1) is 17.1. The highest BCUT2D eigenvalue weighted by atomic mass is 14.8. The van der Waals surface area contributed by atoms with Gasteiger partial charge in [-0.2, -0.15) is 0 Å². The first-order valence-corrected chi connectivity index (χ1v) is 7.51.